The lowest BCUT2D eigenvalue weighted by molar-refractivity contribution is -0.157. The average Bonchev–Trinajstić information content (AvgIpc) is 2.90. The maximum Gasteiger partial charge on any atom is 0.408 e. The number of carboxylic acids is 1. The number of rotatable bonds is 11. The van der Waals surface area contributed by atoms with Gasteiger partial charge in [-0.2, -0.15) is 0 Å². The number of hydrogen-bond donors (Lipinski definition) is 5. The molecule has 2 aromatic carbocycles. The number of ether oxygens (including phenoxy) is 2. The van der Waals surface area contributed by atoms with Crippen LogP contribution in [0, 0.1) is 19.8 Å². The number of esters is 1. The molecule has 0 saturated heterocycles. The maximum atomic E-state index is 12.5. The molecule has 15 heteroatoms. The van der Waals surface area contributed by atoms with Crippen LogP contribution < -0.4 is 22.5 Å². The molecule has 0 aliphatic carbocycles. The number of anilines is 1. The molecule has 0 fully saturated rings. The lowest BCUT2D eigenvalue weighted by Gasteiger charge is -2.21. The van der Waals surface area contributed by atoms with E-state index in [4.69, 9.17) is 31.8 Å². The lowest BCUT2D eigenvalue weighted by atomic mass is 9.91. The number of nitrogen functional groups attached to an aromatic ring is 1. The number of halogens is 2. The van der Waals surface area contributed by atoms with Crippen molar-refractivity contribution in [3.8, 4) is 0 Å². The fourth-order valence-electron chi connectivity index (χ4n) is 3.81. The SMILES string of the molecule is CC(C)(C)OC(=O)N[C@@H](CC(N)=O)C(=O)O.Cc1cc(CC(=O)[C@H](CC(N)=O)CC(=O)OC(C)(C)C)ccc1Br.Cc1cc(N)ccc1Br. The number of nitrogens with two attached hydrogens (primary N) is 3. The van der Waals surface area contributed by atoms with E-state index in [1.807, 2.05) is 55.6 Å². The molecule has 0 saturated carbocycles. The first-order valence-corrected chi connectivity index (χ1v) is 16.7. The smallest absolute Gasteiger partial charge is 0.408 e. The Labute approximate surface area is 304 Å². The lowest BCUT2D eigenvalue weighted by Crippen LogP contribution is -2.45. The highest BCUT2D eigenvalue weighted by molar-refractivity contribution is 9.10. The quantitative estimate of drug-likeness (QED) is 0.146. The molecule has 0 radical (unpaired) electrons. The van der Waals surface area contributed by atoms with E-state index in [1.165, 1.54) is 5.56 Å². The van der Waals surface area contributed by atoms with E-state index in [2.05, 4.69) is 31.9 Å². The standard InChI is InChI=1S/C18H24BrNO4.C9H16N2O5.C7H8BrN/c1-11-7-12(5-6-14(11)19)8-15(21)13(9-16(20)22)10-17(23)24-18(2,3)4;1-9(2,3)16-8(15)11-5(7(13)14)4-6(10)12;1-5-4-6(9)2-3-7(5)8/h5-7,13H,8-10H2,1-4H3,(H2,20,22);5H,4H2,1-3H3,(H2,10,12)(H,11,15)(H,13,14);2-4H,9H2,1H3/t13-;5-;/m10./s1. The first-order valence-electron chi connectivity index (χ1n) is 15.1. The number of carbonyl (C=O) groups is 6. The van der Waals surface area contributed by atoms with Crippen molar-refractivity contribution in [3.63, 3.8) is 0 Å². The molecule has 2 rings (SSSR count). The molecule has 0 aliphatic rings. The first kappa shape index (κ1) is 45.0. The fourth-order valence-corrected chi connectivity index (χ4v) is 4.30. The minimum absolute atomic E-state index is 0.144. The van der Waals surface area contributed by atoms with Gasteiger partial charge in [0.1, 0.15) is 23.0 Å². The molecule has 13 nitrogen and oxygen atoms in total. The zero-order valence-corrected chi connectivity index (χ0v) is 32.3. The van der Waals surface area contributed by atoms with Gasteiger partial charge in [-0.1, -0.05) is 44.0 Å². The minimum Gasteiger partial charge on any atom is -0.480 e. The summed E-state index contributed by atoms with van der Waals surface area (Å²) in [6, 6.07) is 9.99. The van der Waals surface area contributed by atoms with Crippen LogP contribution in [-0.4, -0.2) is 58.0 Å². The summed E-state index contributed by atoms with van der Waals surface area (Å²) in [5.41, 5.74) is 18.0. The summed E-state index contributed by atoms with van der Waals surface area (Å²) >= 11 is 6.78. The zero-order chi connectivity index (χ0) is 38.3. The predicted molar refractivity (Wildman–Crippen MR) is 193 cm³/mol. The monoisotopic (exact) mass is 814 g/mol. The van der Waals surface area contributed by atoms with Crippen molar-refractivity contribution >= 4 is 73.2 Å². The van der Waals surface area contributed by atoms with Gasteiger partial charge >= 0.3 is 18.0 Å². The van der Waals surface area contributed by atoms with E-state index in [9.17, 15) is 28.8 Å². The van der Waals surface area contributed by atoms with Crippen molar-refractivity contribution < 1.29 is 43.3 Å². The third-order valence-electron chi connectivity index (χ3n) is 5.91. The van der Waals surface area contributed by atoms with Crippen molar-refractivity contribution in [1.29, 1.82) is 0 Å². The number of primary amides is 2. The minimum atomic E-state index is -1.37. The summed E-state index contributed by atoms with van der Waals surface area (Å²) in [5.74, 6) is -4.23. The Kier molecular flexibility index (Phi) is 18.8. The van der Waals surface area contributed by atoms with Crippen LogP contribution in [0.2, 0.25) is 0 Å². The topological polar surface area (TPSA) is 231 Å². The van der Waals surface area contributed by atoms with Crippen molar-refractivity contribution in [2.75, 3.05) is 5.73 Å². The molecule has 0 aliphatic heterocycles. The van der Waals surface area contributed by atoms with Gasteiger partial charge in [0.15, 0.2) is 0 Å². The van der Waals surface area contributed by atoms with Gasteiger partial charge in [0.05, 0.1) is 12.8 Å². The largest absolute Gasteiger partial charge is 0.480 e. The molecule has 272 valence electrons. The van der Waals surface area contributed by atoms with E-state index in [0.29, 0.717) is 0 Å². The van der Waals surface area contributed by atoms with E-state index in [0.717, 1.165) is 25.8 Å². The number of ketones is 1. The molecule has 0 unspecified atom stereocenters. The van der Waals surface area contributed by atoms with Crippen molar-refractivity contribution in [2.24, 2.45) is 17.4 Å². The van der Waals surface area contributed by atoms with Gasteiger partial charge < -0.3 is 37.1 Å². The molecular weight excluding hydrogens is 768 g/mol. The second-order valence-corrected chi connectivity index (χ2v) is 14.8. The van der Waals surface area contributed by atoms with Crippen LogP contribution in [0.25, 0.3) is 0 Å². The number of alkyl carbamates (subject to hydrolysis) is 1. The summed E-state index contributed by atoms with van der Waals surface area (Å²) in [4.78, 5) is 68.1. The van der Waals surface area contributed by atoms with Gasteiger partial charge in [-0.25, -0.2) is 9.59 Å². The molecule has 0 spiro atoms. The number of aliphatic carboxylic acids is 1. The number of amides is 3. The summed E-state index contributed by atoms with van der Waals surface area (Å²) in [7, 11) is 0. The van der Waals surface area contributed by atoms with Crippen LogP contribution in [0.5, 0.6) is 0 Å². The Morgan fingerprint density at radius 1 is 0.776 bits per heavy atom. The summed E-state index contributed by atoms with van der Waals surface area (Å²) < 4.78 is 12.1. The molecule has 0 aromatic heterocycles. The van der Waals surface area contributed by atoms with Crippen LogP contribution >= 0.6 is 31.9 Å². The number of Topliss-reactive ketones (excluding diaryl/α,β-unsaturated/α-hetero) is 1. The van der Waals surface area contributed by atoms with Crippen LogP contribution in [0.4, 0.5) is 10.5 Å². The molecular formula is C34H48Br2N4O9. The van der Waals surface area contributed by atoms with Crippen molar-refractivity contribution in [2.45, 2.75) is 98.3 Å². The predicted octanol–water partition coefficient (Wildman–Crippen LogP) is 5.27. The van der Waals surface area contributed by atoms with Crippen LogP contribution in [0.3, 0.4) is 0 Å². The normalized spacial score (nSPS) is 12.0. The Bertz CT molecular complexity index is 1480. The van der Waals surface area contributed by atoms with Gasteiger partial charge in [0.2, 0.25) is 11.8 Å². The zero-order valence-electron chi connectivity index (χ0n) is 29.1. The van der Waals surface area contributed by atoms with Crippen molar-refractivity contribution in [3.05, 3.63) is 62.0 Å². The highest BCUT2D eigenvalue weighted by Gasteiger charge is 2.27. The number of aryl methyl sites for hydroxylation is 2. The van der Waals surface area contributed by atoms with E-state index < -0.39 is 59.4 Å². The number of nitrogens with one attached hydrogen (secondary N) is 1. The van der Waals surface area contributed by atoms with Crippen LogP contribution in [0.15, 0.2) is 45.3 Å². The average molecular weight is 817 g/mol. The molecule has 8 N–H and O–H groups in total. The second-order valence-electron chi connectivity index (χ2n) is 13.1. The van der Waals surface area contributed by atoms with Crippen molar-refractivity contribution in [1.82, 2.24) is 5.32 Å². The third-order valence-corrected chi connectivity index (χ3v) is 7.69. The molecule has 49 heavy (non-hydrogen) atoms. The first-order chi connectivity index (χ1) is 22.3. The maximum absolute atomic E-state index is 12.5. The van der Waals surface area contributed by atoms with Crippen LogP contribution in [-0.2, 0) is 39.9 Å². The highest BCUT2D eigenvalue weighted by atomic mass is 79.9. The molecule has 3 amide bonds. The number of benzene rings is 2. The molecule has 2 aromatic rings. The van der Waals surface area contributed by atoms with E-state index >= 15 is 0 Å². The number of carboxylic acid groups (broad SMARTS) is 1. The third kappa shape index (κ3) is 21.6. The Hall–Kier alpha value is -3.98. The van der Waals surface area contributed by atoms with Gasteiger partial charge in [-0.3, -0.25) is 19.2 Å². The fraction of sp³-hybridized carbons (Fsp3) is 0.471. The molecule has 0 bridgehead atoms. The second kappa shape index (κ2) is 20.5. The molecule has 2 atom stereocenters. The Balaban J connectivity index is 0.000000787. The van der Waals surface area contributed by atoms with Gasteiger partial charge in [-0.05, 0) is 96.3 Å². The summed E-state index contributed by atoms with van der Waals surface area (Å²) in [6.07, 6.45) is -1.54. The Morgan fingerprint density at radius 3 is 1.67 bits per heavy atom. The number of carbonyl (C=O) groups excluding carboxylic acids is 5. The summed E-state index contributed by atoms with van der Waals surface area (Å²) in [6.45, 7) is 14.1. The highest BCUT2D eigenvalue weighted by Crippen LogP contribution is 2.21. The van der Waals surface area contributed by atoms with Gasteiger partial charge in [0, 0.05) is 33.4 Å². The van der Waals surface area contributed by atoms with Gasteiger partial charge in [-0.15, -0.1) is 0 Å². The summed E-state index contributed by atoms with van der Waals surface area (Å²) in [5, 5.41) is 10.7. The van der Waals surface area contributed by atoms with E-state index in [1.54, 1.807) is 41.5 Å². The van der Waals surface area contributed by atoms with Crippen LogP contribution in [0.1, 0.15) is 77.5 Å². The van der Waals surface area contributed by atoms with Gasteiger partial charge in [0.25, 0.3) is 0 Å². The Morgan fingerprint density at radius 2 is 1.27 bits per heavy atom. The molecule has 0 heterocycles. The van der Waals surface area contributed by atoms with E-state index in [-0.39, 0.29) is 25.0 Å². The number of hydrogen-bond acceptors (Lipinski definition) is 9.